The third kappa shape index (κ3) is 3.57. The average molecular weight is 530 g/mol. The Morgan fingerprint density at radius 1 is 1.08 bits per heavy atom. The Hall–Kier alpha value is -3.94. The van der Waals surface area contributed by atoms with E-state index in [1.54, 1.807) is 0 Å². The molecule has 4 aliphatic rings. The summed E-state index contributed by atoms with van der Waals surface area (Å²) in [6.45, 7) is 4.86. The van der Waals surface area contributed by atoms with E-state index in [0.717, 1.165) is 44.3 Å². The molecule has 4 N–H and O–H groups in total. The summed E-state index contributed by atoms with van der Waals surface area (Å²) in [4.78, 5) is 19.3. The van der Waals surface area contributed by atoms with Crippen molar-refractivity contribution in [3.63, 3.8) is 0 Å². The van der Waals surface area contributed by atoms with Crippen LogP contribution in [0.5, 0.6) is 6.01 Å². The van der Waals surface area contributed by atoms with Crippen molar-refractivity contribution < 1.29 is 4.74 Å². The Balaban J connectivity index is 1.23. The number of aryl methyl sites for hydroxylation is 2. The second kappa shape index (κ2) is 8.55. The summed E-state index contributed by atoms with van der Waals surface area (Å²) >= 11 is 1.53. The Morgan fingerprint density at radius 3 is 2.45 bits per heavy atom. The van der Waals surface area contributed by atoms with Crippen molar-refractivity contribution in [1.82, 2.24) is 30.5 Å². The molecular weight excluding hydrogens is 502 g/mol. The summed E-state index contributed by atoms with van der Waals surface area (Å²) in [5.41, 5.74) is 8.21. The van der Waals surface area contributed by atoms with Gasteiger partial charge in [-0.2, -0.15) is 25.6 Å². The lowest BCUT2D eigenvalue weighted by atomic mass is 9.74. The number of nitrogen functional groups attached to an aromatic ring is 1. The van der Waals surface area contributed by atoms with Crippen LogP contribution in [0.1, 0.15) is 52.5 Å². The van der Waals surface area contributed by atoms with E-state index in [1.807, 2.05) is 6.92 Å². The predicted octanol–water partition coefficient (Wildman–Crippen LogP) is 1.51. The van der Waals surface area contributed by atoms with Gasteiger partial charge >= 0.3 is 6.01 Å². The number of nitrogens with zero attached hydrogens (tertiary/aromatic N) is 8. The van der Waals surface area contributed by atoms with Gasteiger partial charge in [0.25, 0.3) is 0 Å². The van der Waals surface area contributed by atoms with Crippen molar-refractivity contribution in [3.8, 4) is 18.1 Å². The van der Waals surface area contributed by atoms with Gasteiger partial charge in [0.1, 0.15) is 28.5 Å². The summed E-state index contributed by atoms with van der Waals surface area (Å²) in [7, 11) is 0. The van der Waals surface area contributed by atoms with Crippen LogP contribution in [-0.2, 0) is 18.4 Å². The molecular formula is C25H27N11OS. The number of piperazine rings is 1. The van der Waals surface area contributed by atoms with Gasteiger partial charge in [0.05, 0.1) is 5.56 Å². The SMILES string of the molecule is Cc1nc(COc2nc(N3C[C@H]4CC[C@@H](C3)N4)c(C#N)c(N3CC4(CCc5sc(N)c(C#N)c54)C3)n2)n[nH]1. The van der Waals surface area contributed by atoms with E-state index in [-0.39, 0.29) is 18.0 Å². The van der Waals surface area contributed by atoms with Crippen molar-refractivity contribution in [3.05, 3.63) is 33.2 Å². The van der Waals surface area contributed by atoms with Crippen LogP contribution in [0.25, 0.3) is 0 Å². The minimum atomic E-state index is -0.141. The largest absolute Gasteiger partial charge is 0.455 e. The maximum atomic E-state index is 10.3. The molecule has 0 unspecified atom stereocenters. The highest BCUT2D eigenvalue weighted by Gasteiger charge is 2.52. The van der Waals surface area contributed by atoms with Crippen molar-refractivity contribution in [2.45, 2.75) is 56.7 Å². The molecule has 7 rings (SSSR count). The second-order valence-corrected chi connectivity index (χ2v) is 11.8. The Bertz CT molecular complexity index is 1500. The van der Waals surface area contributed by atoms with Gasteiger partial charge in [-0.1, -0.05) is 0 Å². The molecule has 3 aromatic rings. The standard InChI is InChI=1S/C25H27N11OS/c1-13-29-19(34-33-13)10-37-24-31-22(35-8-14-2-3-15(9-35)30-14)17(7-27)23(32-24)36-11-25(12-36)5-4-18-20(25)16(6-26)21(28)38-18/h14-15,30H,2-5,8-12,28H2,1H3,(H,29,33,34)/t14-,15+. The number of rotatable bonds is 5. The molecule has 13 heteroatoms. The lowest BCUT2D eigenvalue weighted by Crippen LogP contribution is -2.59. The molecule has 2 atom stereocenters. The zero-order valence-electron chi connectivity index (χ0n) is 21.0. The van der Waals surface area contributed by atoms with Gasteiger partial charge < -0.3 is 25.6 Å². The zero-order chi connectivity index (χ0) is 26.0. The Morgan fingerprint density at radius 2 is 1.79 bits per heavy atom. The van der Waals surface area contributed by atoms with Gasteiger partial charge in [0, 0.05) is 48.6 Å². The monoisotopic (exact) mass is 529 g/mol. The molecule has 194 valence electrons. The minimum absolute atomic E-state index is 0.120. The molecule has 3 aliphatic heterocycles. The highest BCUT2D eigenvalue weighted by molar-refractivity contribution is 7.16. The van der Waals surface area contributed by atoms with Gasteiger partial charge in [0.15, 0.2) is 24.1 Å². The topological polar surface area (TPSA) is 169 Å². The van der Waals surface area contributed by atoms with E-state index < -0.39 is 0 Å². The molecule has 38 heavy (non-hydrogen) atoms. The third-order valence-electron chi connectivity index (χ3n) is 8.22. The van der Waals surface area contributed by atoms with E-state index in [4.69, 9.17) is 20.4 Å². The molecule has 0 radical (unpaired) electrons. The number of aromatic amines is 1. The van der Waals surface area contributed by atoms with Gasteiger partial charge in [0.2, 0.25) is 0 Å². The summed E-state index contributed by atoms with van der Waals surface area (Å²) in [6.07, 6.45) is 4.13. The first kappa shape index (κ1) is 23.2. The fraction of sp³-hybridized carbons (Fsp3) is 0.520. The van der Waals surface area contributed by atoms with Crippen molar-refractivity contribution in [2.75, 3.05) is 41.7 Å². The number of nitrogens with two attached hydrogens (primary N) is 1. The second-order valence-electron chi connectivity index (χ2n) is 10.7. The highest BCUT2D eigenvalue weighted by Crippen LogP contribution is 2.53. The van der Waals surface area contributed by atoms with Crippen molar-refractivity contribution in [2.24, 2.45) is 0 Å². The van der Waals surface area contributed by atoms with Gasteiger partial charge in [-0.15, -0.1) is 11.3 Å². The Labute approximate surface area is 223 Å². The van der Waals surface area contributed by atoms with Gasteiger partial charge in [-0.05, 0) is 38.2 Å². The van der Waals surface area contributed by atoms with E-state index in [0.29, 0.717) is 64.6 Å². The molecule has 12 nitrogen and oxygen atoms in total. The molecule has 1 aliphatic carbocycles. The van der Waals surface area contributed by atoms with E-state index in [1.165, 1.54) is 16.2 Å². The fourth-order valence-corrected chi connectivity index (χ4v) is 7.71. The summed E-state index contributed by atoms with van der Waals surface area (Å²) in [5, 5.41) is 31.3. The number of anilines is 3. The lowest BCUT2D eigenvalue weighted by molar-refractivity contribution is 0.269. The molecule has 1 spiro atoms. The Kier molecular flexibility index (Phi) is 5.22. The number of fused-ring (bicyclic) bond motifs is 4. The highest BCUT2D eigenvalue weighted by atomic mass is 32.1. The van der Waals surface area contributed by atoms with Crippen LogP contribution in [0.15, 0.2) is 0 Å². The predicted molar refractivity (Wildman–Crippen MR) is 140 cm³/mol. The maximum Gasteiger partial charge on any atom is 0.320 e. The summed E-state index contributed by atoms with van der Waals surface area (Å²) in [5.74, 6) is 2.40. The van der Waals surface area contributed by atoms with Crippen LogP contribution in [-0.4, -0.2) is 63.4 Å². The lowest BCUT2D eigenvalue weighted by Gasteiger charge is -2.49. The normalized spacial score (nSPS) is 22.7. The first-order chi connectivity index (χ1) is 18.5. The number of nitrogens with one attached hydrogen (secondary N) is 2. The van der Waals surface area contributed by atoms with E-state index in [9.17, 15) is 10.5 Å². The summed E-state index contributed by atoms with van der Waals surface area (Å²) < 4.78 is 5.97. The minimum Gasteiger partial charge on any atom is -0.455 e. The van der Waals surface area contributed by atoms with E-state index in [2.05, 4.69) is 42.4 Å². The number of hydrogen-bond acceptors (Lipinski definition) is 12. The first-order valence-corrected chi connectivity index (χ1v) is 13.7. The van der Waals surface area contributed by atoms with Crippen LogP contribution >= 0.6 is 11.3 Å². The third-order valence-corrected chi connectivity index (χ3v) is 9.30. The zero-order valence-corrected chi connectivity index (χ0v) is 21.8. The van der Waals surface area contributed by atoms with Crippen molar-refractivity contribution >= 4 is 28.0 Å². The van der Waals surface area contributed by atoms with Crippen molar-refractivity contribution in [1.29, 1.82) is 10.5 Å². The number of thiophene rings is 1. The molecule has 3 aromatic heterocycles. The molecule has 6 heterocycles. The number of nitriles is 2. The molecule has 3 saturated heterocycles. The van der Waals surface area contributed by atoms with Crippen LogP contribution < -0.4 is 25.6 Å². The van der Waals surface area contributed by atoms with E-state index >= 15 is 0 Å². The first-order valence-electron chi connectivity index (χ1n) is 12.9. The molecule has 0 saturated carbocycles. The number of hydrogen-bond donors (Lipinski definition) is 3. The smallest absolute Gasteiger partial charge is 0.320 e. The van der Waals surface area contributed by atoms with Gasteiger partial charge in [-0.3, -0.25) is 5.10 Å². The molecule has 0 aromatic carbocycles. The average Bonchev–Trinajstić information content (AvgIpc) is 3.64. The fourth-order valence-electron chi connectivity index (χ4n) is 6.57. The number of ether oxygens (including phenoxy) is 1. The molecule has 0 amide bonds. The number of aromatic nitrogens is 5. The van der Waals surface area contributed by atoms with Gasteiger partial charge in [-0.25, -0.2) is 4.98 Å². The summed E-state index contributed by atoms with van der Waals surface area (Å²) in [6, 6.07) is 5.71. The van der Waals surface area contributed by atoms with Crippen LogP contribution in [0.3, 0.4) is 0 Å². The number of H-pyrrole nitrogens is 1. The maximum absolute atomic E-state index is 10.3. The van der Waals surface area contributed by atoms with Crippen LogP contribution in [0.2, 0.25) is 0 Å². The quantitative estimate of drug-likeness (QED) is 0.438. The molecule has 3 fully saturated rings. The van der Waals surface area contributed by atoms with Crippen LogP contribution in [0, 0.1) is 29.6 Å². The van der Waals surface area contributed by atoms with Crippen LogP contribution in [0.4, 0.5) is 16.6 Å². The molecule has 2 bridgehead atoms.